The number of nitrogens with zero attached hydrogens (tertiary/aromatic N) is 4. The molecule has 3 heterocycles. The zero-order chi connectivity index (χ0) is 15.3. The molecule has 1 aliphatic heterocycles. The van der Waals surface area contributed by atoms with Gasteiger partial charge in [0.15, 0.2) is 0 Å². The van der Waals surface area contributed by atoms with Crippen LogP contribution in [0.2, 0.25) is 0 Å². The molecular formula is C16H22N4OS. The number of thiophene rings is 1. The largest absolute Gasteiger partial charge is 0.391 e. The number of fused-ring (bicyclic) bond motifs is 2. The first-order chi connectivity index (χ1) is 10.6. The summed E-state index contributed by atoms with van der Waals surface area (Å²) < 4.78 is 0. The zero-order valence-electron chi connectivity index (χ0n) is 13.0. The Kier molecular flexibility index (Phi) is 3.55. The van der Waals surface area contributed by atoms with E-state index >= 15 is 0 Å². The van der Waals surface area contributed by atoms with Gasteiger partial charge in [-0.3, -0.25) is 0 Å². The molecule has 4 rings (SSSR count). The van der Waals surface area contributed by atoms with Gasteiger partial charge in [-0.2, -0.15) is 0 Å². The molecule has 0 spiro atoms. The molecule has 118 valence electrons. The third kappa shape index (κ3) is 2.30. The van der Waals surface area contributed by atoms with Gasteiger partial charge in [-0.25, -0.2) is 9.97 Å². The van der Waals surface area contributed by atoms with Crippen LogP contribution in [0.25, 0.3) is 10.2 Å². The molecule has 2 aromatic rings. The summed E-state index contributed by atoms with van der Waals surface area (Å²) in [6, 6.07) is 2.40. The first-order valence-corrected chi connectivity index (χ1v) is 8.79. The van der Waals surface area contributed by atoms with Gasteiger partial charge in [0, 0.05) is 19.1 Å². The fraction of sp³-hybridized carbons (Fsp3) is 0.625. The van der Waals surface area contributed by atoms with Gasteiger partial charge in [0.25, 0.3) is 0 Å². The topological polar surface area (TPSA) is 52.5 Å². The monoisotopic (exact) mass is 318 g/mol. The van der Waals surface area contributed by atoms with Crippen molar-refractivity contribution in [1.82, 2.24) is 14.9 Å². The number of aliphatic hydroxyl groups excluding tert-OH is 1. The number of hydrogen-bond acceptors (Lipinski definition) is 6. The second-order valence-corrected chi connectivity index (χ2v) is 7.73. The second kappa shape index (κ2) is 5.44. The molecular weight excluding hydrogens is 296 g/mol. The van der Waals surface area contributed by atoms with E-state index in [-0.39, 0.29) is 12.1 Å². The molecule has 1 saturated heterocycles. The van der Waals surface area contributed by atoms with Crippen LogP contribution < -0.4 is 4.90 Å². The molecule has 2 aromatic heterocycles. The third-order valence-electron chi connectivity index (χ3n) is 5.31. The molecule has 2 fully saturated rings. The number of hydrogen-bond donors (Lipinski definition) is 1. The average Bonchev–Trinajstić information content (AvgIpc) is 3.11. The van der Waals surface area contributed by atoms with Crippen molar-refractivity contribution in [2.75, 3.05) is 32.1 Å². The van der Waals surface area contributed by atoms with Crippen LogP contribution in [0.5, 0.6) is 0 Å². The molecule has 2 aliphatic rings. The minimum atomic E-state index is -0.206. The lowest BCUT2D eigenvalue weighted by Crippen LogP contribution is -2.46. The van der Waals surface area contributed by atoms with E-state index in [0.29, 0.717) is 11.8 Å². The number of likely N-dealkylation sites (N-methyl/N-ethyl adjacent to an activating group) is 1. The first-order valence-electron chi connectivity index (χ1n) is 7.91. The van der Waals surface area contributed by atoms with Crippen LogP contribution in [0.1, 0.15) is 12.8 Å². The average molecular weight is 318 g/mol. The van der Waals surface area contributed by atoms with Gasteiger partial charge in [-0.1, -0.05) is 0 Å². The van der Waals surface area contributed by atoms with Crippen LogP contribution in [-0.2, 0) is 0 Å². The van der Waals surface area contributed by atoms with Gasteiger partial charge in [-0.05, 0) is 50.2 Å². The molecule has 1 N–H and O–H groups in total. The Balaban J connectivity index is 1.59. The summed E-state index contributed by atoms with van der Waals surface area (Å²) in [5.41, 5.74) is 0. The van der Waals surface area contributed by atoms with Gasteiger partial charge >= 0.3 is 0 Å². The Bertz CT molecular complexity index is 673. The lowest BCUT2D eigenvalue weighted by molar-refractivity contribution is 0.00942. The van der Waals surface area contributed by atoms with Gasteiger partial charge in [0.05, 0.1) is 11.5 Å². The van der Waals surface area contributed by atoms with Crippen molar-refractivity contribution in [2.45, 2.75) is 25.0 Å². The van der Waals surface area contributed by atoms with Crippen LogP contribution >= 0.6 is 11.3 Å². The van der Waals surface area contributed by atoms with E-state index in [0.717, 1.165) is 42.0 Å². The lowest BCUT2D eigenvalue weighted by Gasteiger charge is -2.38. The number of anilines is 1. The summed E-state index contributed by atoms with van der Waals surface area (Å²) >= 11 is 1.67. The highest BCUT2D eigenvalue weighted by molar-refractivity contribution is 7.16. The summed E-state index contributed by atoms with van der Waals surface area (Å²) in [5.74, 6) is 2.30. The molecule has 22 heavy (non-hydrogen) atoms. The highest BCUT2D eigenvalue weighted by Crippen LogP contribution is 2.40. The first kappa shape index (κ1) is 14.4. The van der Waals surface area contributed by atoms with Crippen LogP contribution in [0.15, 0.2) is 17.8 Å². The Labute approximate surface area is 134 Å². The van der Waals surface area contributed by atoms with Gasteiger partial charge in [-0.15, -0.1) is 11.3 Å². The highest BCUT2D eigenvalue weighted by Gasteiger charge is 2.42. The van der Waals surface area contributed by atoms with E-state index in [2.05, 4.69) is 45.3 Å². The lowest BCUT2D eigenvalue weighted by atomic mass is 9.77. The third-order valence-corrected chi connectivity index (χ3v) is 6.13. The molecule has 1 aliphatic carbocycles. The fourth-order valence-corrected chi connectivity index (χ4v) is 4.89. The summed E-state index contributed by atoms with van der Waals surface area (Å²) in [6.45, 7) is 2.05. The van der Waals surface area contributed by atoms with Crippen molar-refractivity contribution in [1.29, 1.82) is 0 Å². The van der Waals surface area contributed by atoms with Crippen molar-refractivity contribution in [3.63, 3.8) is 0 Å². The minimum absolute atomic E-state index is 0.206. The van der Waals surface area contributed by atoms with Crippen LogP contribution in [0.4, 0.5) is 5.82 Å². The summed E-state index contributed by atoms with van der Waals surface area (Å²) in [7, 11) is 4.14. The maximum absolute atomic E-state index is 10.4. The van der Waals surface area contributed by atoms with Crippen LogP contribution in [0.3, 0.4) is 0 Å². The van der Waals surface area contributed by atoms with Gasteiger partial charge in [0.1, 0.15) is 17.0 Å². The van der Waals surface area contributed by atoms with E-state index < -0.39 is 0 Å². The molecule has 0 radical (unpaired) electrons. The standard InChI is InChI=1S/C16H22N4OS/c1-19(2)13-5-10-7-20(8-11(10)6-14(13)21)15-12-3-4-22-16(12)18-9-17-15/h3-4,9-11,13-14,21H,5-8H2,1-2H3/t10-,11+,13-,14-/m1/s1. The van der Waals surface area contributed by atoms with Gasteiger partial charge in [0.2, 0.25) is 0 Å². The van der Waals surface area contributed by atoms with Crippen molar-refractivity contribution in [3.05, 3.63) is 17.8 Å². The van der Waals surface area contributed by atoms with E-state index in [1.54, 1.807) is 17.7 Å². The minimum Gasteiger partial charge on any atom is -0.391 e. The predicted molar refractivity (Wildman–Crippen MR) is 89.3 cm³/mol. The van der Waals surface area contributed by atoms with Crippen molar-refractivity contribution in [2.24, 2.45) is 11.8 Å². The molecule has 1 saturated carbocycles. The maximum atomic E-state index is 10.4. The quantitative estimate of drug-likeness (QED) is 0.915. The number of rotatable bonds is 2. The summed E-state index contributed by atoms with van der Waals surface area (Å²) in [5, 5.41) is 13.6. The van der Waals surface area contributed by atoms with Crippen LogP contribution in [-0.4, -0.2) is 59.3 Å². The van der Waals surface area contributed by atoms with Crippen molar-refractivity contribution < 1.29 is 5.11 Å². The van der Waals surface area contributed by atoms with Crippen molar-refractivity contribution in [3.8, 4) is 0 Å². The van der Waals surface area contributed by atoms with E-state index in [9.17, 15) is 5.11 Å². The number of aliphatic hydroxyl groups is 1. The Morgan fingerprint density at radius 1 is 1.23 bits per heavy atom. The fourth-order valence-electron chi connectivity index (χ4n) is 4.16. The Morgan fingerprint density at radius 2 is 2.00 bits per heavy atom. The molecule has 0 unspecified atom stereocenters. The molecule has 0 bridgehead atoms. The second-order valence-electron chi connectivity index (χ2n) is 6.83. The summed E-state index contributed by atoms with van der Waals surface area (Å²) in [4.78, 5) is 14.5. The highest BCUT2D eigenvalue weighted by atomic mass is 32.1. The van der Waals surface area contributed by atoms with E-state index in [1.165, 1.54) is 0 Å². The molecule has 6 heteroatoms. The molecule has 5 nitrogen and oxygen atoms in total. The molecule has 4 atom stereocenters. The van der Waals surface area contributed by atoms with Crippen molar-refractivity contribution >= 4 is 27.4 Å². The van der Waals surface area contributed by atoms with Crippen LogP contribution in [0, 0.1) is 11.8 Å². The van der Waals surface area contributed by atoms with E-state index in [1.807, 2.05) is 0 Å². The smallest absolute Gasteiger partial charge is 0.140 e. The number of aromatic nitrogens is 2. The molecule has 0 amide bonds. The Hall–Kier alpha value is -1.24. The summed E-state index contributed by atoms with van der Waals surface area (Å²) in [6.07, 6.45) is 3.45. The zero-order valence-corrected chi connectivity index (χ0v) is 13.8. The molecule has 0 aromatic carbocycles. The Morgan fingerprint density at radius 3 is 2.77 bits per heavy atom. The van der Waals surface area contributed by atoms with Gasteiger partial charge < -0.3 is 14.9 Å². The normalized spacial score (nSPS) is 31.9. The predicted octanol–water partition coefficient (Wildman–Crippen LogP) is 1.83. The maximum Gasteiger partial charge on any atom is 0.140 e. The van der Waals surface area contributed by atoms with E-state index in [4.69, 9.17) is 0 Å². The SMILES string of the molecule is CN(C)[C@@H]1C[C@@H]2CN(c3ncnc4sccc34)C[C@@H]2C[C@H]1O.